The van der Waals surface area contributed by atoms with Crippen LogP contribution in [0.1, 0.15) is 80.9 Å². The highest BCUT2D eigenvalue weighted by molar-refractivity contribution is 6.21. The highest BCUT2D eigenvalue weighted by Crippen LogP contribution is 2.37. The monoisotopic (exact) mass is 294 g/mol. The molecule has 2 rings (SSSR count). The van der Waals surface area contributed by atoms with E-state index in [1.165, 1.54) is 29.5 Å². The Bertz CT molecular complexity index is 433. The van der Waals surface area contributed by atoms with Crippen LogP contribution in [0.3, 0.4) is 0 Å². The van der Waals surface area contributed by atoms with Crippen LogP contribution < -0.4 is 0 Å². The predicted octanol–water partition coefficient (Wildman–Crippen LogP) is 5.78. The van der Waals surface area contributed by atoms with Crippen molar-refractivity contribution >= 4 is 11.6 Å². The number of hydrogen-bond acceptors (Lipinski definition) is 1. The lowest BCUT2D eigenvalue weighted by Crippen LogP contribution is -2.24. The second kappa shape index (κ2) is 6.95. The number of alkyl halides is 1. The van der Waals surface area contributed by atoms with Gasteiger partial charge in [-0.3, -0.25) is 0 Å². The molecule has 1 fully saturated rings. The molecule has 1 aromatic carbocycles. The van der Waals surface area contributed by atoms with Crippen LogP contribution in [-0.4, -0.2) is 12.7 Å². The number of hydrogen-bond donors (Lipinski definition) is 0. The normalized spacial score (nSPS) is 21.4. The molecule has 2 unspecified atom stereocenters. The van der Waals surface area contributed by atoms with E-state index in [4.69, 9.17) is 16.3 Å². The zero-order valence-corrected chi connectivity index (χ0v) is 13.9. The lowest BCUT2D eigenvalue weighted by molar-refractivity contribution is 0.0134. The number of rotatable bonds is 4. The Morgan fingerprint density at radius 3 is 2.35 bits per heavy atom. The van der Waals surface area contributed by atoms with Gasteiger partial charge in [-0.05, 0) is 47.8 Å². The summed E-state index contributed by atoms with van der Waals surface area (Å²) in [5.41, 5.74) is 4.04. The first-order valence-corrected chi connectivity index (χ1v) is 8.33. The maximum absolute atomic E-state index is 6.74. The number of ether oxygens (including phenoxy) is 1. The molecule has 0 spiro atoms. The summed E-state index contributed by atoms with van der Waals surface area (Å²) < 4.78 is 5.87. The third-order valence-electron chi connectivity index (χ3n) is 4.24. The van der Waals surface area contributed by atoms with Gasteiger partial charge in [0.05, 0.1) is 11.5 Å². The van der Waals surface area contributed by atoms with E-state index in [1.54, 1.807) is 0 Å². The zero-order valence-electron chi connectivity index (χ0n) is 13.2. The summed E-state index contributed by atoms with van der Waals surface area (Å²) in [5, 5.41) is -0.0195. The molecule has 1 saturated heterocycles. The molecule has 1 aromatic rings. The molecule has 0 bridgehead atoms. The lowest BCUT2D eigenvalue weighted by atomic mass is 9.88. The van der Waals surface area contributed by atoms with Crippen LogP contribution in [0.5, 0.6) is 0 Å². The molecule has 2 heteroatoms. The number of benzene rings is 1. The SMILES string of the molecule is CC(C)c1ccc(C(Cl)C2CCCCO2)c(C(C)C)c1. The van der Waals surface area contributed by atoms with Gasteiger partial charge in [0, 0.05) is 6.61 Å². The first-order chi connectivity index (χ1) is 9.50. The summed E-state index contributed by atoms with van der Waals surface area (Å²) in [6.07, 6.45) is 3.66. The van der Waals surface area contributed by atoms with Gasteiger partial charge in [-0.15, -0.1) is 11.6 Å². The Labute approximate surface area is 128 Å². The summed E-state index contributed by atoms with van der Waals surface area (Å²) in [6.45, 7) is 9.82. The molecule has 0 aliphatic carbocycles. The molecule has 1 nitrogen and oxygen atoms in total. The van der Waals surface area contributed by atoms with Gasteiger partial charge in [-0.25, -0.2) is 0 Å². The van der Waals surface area contributed by atoms with Gasteiger partial charge in [-0.1, -0.05) is 45.9 Å². The van der Waals surface area contributed by atoms with Crippen molar-refractivity contribution in [2.24, 2.45) is 0 Å². The maximum atomic E-state index is 6.74. The van der Waals surface area contributed by atoms with Crippen LogP contribution in [0.25, 0.3) is 0 Å². The minimum Gasteiger partial charge on any atom is -0.376 e. The first kappa shape index (κ1) is 15.9. The van der Waals surface area contributed by atoms with Crippen LogP contribution in [0.2, 0.25) is 0 Å². The second-order valence-corrected chi connectivity index (χ2v) is 6.97. The minimum atomic E-state index is -0.0195. The van der Waals surface area contributed by atoms with E-state index in [9.17, 15) is 0 Å². The smallest absolute Gasteiger partial charge is 0.0850 e. The van der Waals surface area contributed by atoms with E-state index in [0.717, 1.165) is 13.0 Å². The van der Waals surface area contributed by atoms with Crippen LogP contribution >= 0.6 is 11.6 Å². The summed E-state index contributed by atoms with van der Waals surface area (Å²) in [4.78, 5) is 0. The van der Waals surface area contributed by atoms with Crippen molar-refractivity contribution in [2.75, 3.05) is 6.61 Å². The molecular weight excluding hydrogens is 268 g/mol. The molecule has 1 aliphatic rings. The predicted molar refractivity (Wildman–Crippen MR) is 86.8 cm³/mol. The molecule has 0 saturated carbocycles. The van der Waals surface area contributed by atoms with E-state index < -0.39 is 0 Å². The Hall–Kier alpha value is -0.530. The maximum Gasteiger partial charge on any atom is 0.0850 e. The van der Waals surface area contributed by atoms with E-state index in [2.05, 4.69) is 45.9 Å². The molecule has 112 valence electrons. The highest BCUT2D eigenvalue weighted by atomic mass is 35.5. The lowest BCUT2D eigenvalue weighted by Gasteiger charge is -2.29. The molecule has 20 heavy (non-hydrogen) atoms. The third-order valence-corrected chi connectivity index (χ3v) is 4.75. The average Bonchev–Trinajstić information content (AvgIpc) is 2.46. The molecule has 0 aromatic heterocycles. The molecule has 0 amide bonds. The molecule has 2 atom stereocenters. The van der Waals surface area contributed by atoms with Crippen LogP contribution in [0.4, 0.5) is 0 Å². The largest absolute Gasteiger partial charge is 0.376 e. The third kappa shape index (κ3) is 3.56. The van der Waals surface area contributed by atoms with Crippen molar-refractivity contribution in [1.82, 2.24) is 0 Å². The fourth-order valence-electron chi connectivity index (χ4n) is 2.90. The summed E-state index contributed by atoms with van der Waals surface area (Å²) in [7, 11) is 0. The van der Waals surface area contributed by atoms with Crippen molar-refractivity contribution in [2.45, 2.75) is 70.3 Å². The summed E-state index contributed by atoms with van der Waals surface area (Å²) in [6, 6.07) is 6.78. The van der Waals surface area contributed by atoms with E-state index >= 15 is 0 Å². The topological polar surface area (TPSA) is 9.23 Å². The van der Waals surface area contributed by atoms with Gasteiger partial charge >= 0.3 is 0 Å². The number of halogens is 1. The average molecular weight is 295 g/mol. The quantitative estimate of drug-likeness (QED) is 0.639. The molecule has 1 aliphatic heterocycles. The van der Waals surface area contributed by atoms with Crippen molar-refractivity contribution in [1.29, 1.82) is 0 Å². The van der Waals surface area contributed by atoms with Crippen molar-refractivity contribution in [3.05, 3.63) is 34.9 Å². The first-order valence-electron chi connectivity index (χ1n) is 7.90. The standard InChI is InChI=1S/C18H27ClO/c1-12(2)14-8-9-15(16(11-14)13(3)4)18(19)17-7-5-6-10-20-17/h8-9,11-13,17-18H,5-7,10H2,1-4H3. The van der Waals surface area contributed by atoms with Crippen molar-refractivity contribution in [3.8, 4) is 0 Å². The zero-order chi connectivity index (χ0) is 14.7. The van der Waals surface area contributed by atoms with Gasteiger partial charge < -0.3 is 4.74 Å². The Morgan fingerprint density at radius 1 is 1.05 bits per heavy atom. The Kier molecular flexibility index (Phi) is 5.51. The second-order valence-electron chi connectivity index (χ2n) is 6.50. The van der Waals surface area contributed by atoms with E-state index in [-0.39, 0.29) is 11.5 Å². The molecule has 1 heterocycles. The fraction of sp³-hybridized carbons (Fsp3) is 0.667. The summed E-state index contributed by atoms with van der Waals surface area (Å²) >= 11 is 6.74. The molecular formula is C18H27ClO. The summed E-state index contributed by atoms with van der Waals surface area (Å²) in [5.74, 6) is 1.05. The van der Waals surface area contributed by atoms with Gasteiger partial charge in [0.2, 0.25) is 0 Å². The van der Waals surface area contributed by atoms with Crippen LogP contribution in [0, 0.1) is 0 Å². The fourth-order valence-corrected chi connectivity index (χ4v) is 3.30. The van der Waals surface area contributed by atoms with Gasteiger partial charge in [0.25, 0.3) is 0 Å². The molecule has 0 N–H and O–H groups in total. The van der Waals surface area contributed by atoms with Crippen LogP contribution in [-0.2, 0) is 4.74 Å². The van der Waals surface area contributed by atoms with Gasteiger partial charge in [-0.2, -0.15) is 0 Å². The van der Waals surface area contributed by atoms with E-state index in [1.807, 2.05) is 0 Å². The van der Waals surface area contributed by atoms with Crippen molar-refractivity contribution in [3.63, 3.8) is 0 Å². The minimum absolute atomic E-state index is 0.0195. The highest BCUT2D eigenvalue weighted by Gasteiger charge is 2.26. The Balaban J connectivity index is 2.29. The molecule has 0 radical (unpaired) electrons. The van der Waals surface area contributed by atoms with Crippen molar-refractivity contribution < 1.29 is 4.74 Å². The van der Waals surface area contributed by atoms with E-state index in [0.29, 0.717) is 11.8 Å². The van der Waals surface area contributed by atoms with Crippen LogP contribution in [0.15, 0.2) is 18.2 Å². The van der Waals surface area contributed by atoms with Gasteiger partial charge in [0.15, 0.2) is 0 Å². The Morgan fingerprint density at radius 2 is 1.80 bits per heavy atom. The van der Waals surface area contributed by atoms with Gasteiger partial charge in [0.1, 0.15) is 0 Å².